The van der Waals surface area contributed by atoms with E-state index in [1.54, 1.807) is 19.3 Å². The van der Waals surface area contributed by atoms with Crippen molar-refractivity contribution in [1.29, 1.82) is 0 Å². The SMILES string of the molecule is CCOc1cc(/C=C2/N=C(c3cccc(C)c3)OC2=O)ccc1OC. The number of ether oxygens (including phenoxy) is 3. The second kappa shape index (κ2) is 7.21. The van der Waals surface area contributed by atoms with Crippen molar-refractivity contribution in [2.24, 2.45) is 4.99 Å². The van der Waals surface area contributed by atoms with Gasteiger partial charge in [-0.05, 0) is 49.8 Å². The third kappa shape index (κ3) is 3.71. The number of esters is 1. The highest BCUT2D eigenvalue weighted by Crippen LogP contribution is 2.29. The van der Waals surface area contributed by atoms with Crippen LogP contribution >= 0.6 is 0 Å². The molecule has 3 rings (SSSR count). The topological polar surface area (TPSA) is 57.1 Å². The van der Waals surface area contributed by atoms with Gasteiger partial charge in [0.15, 0.2) is 17.2 Å². The second-order valence-corrected chi connectivity index (χ2v) is 5.55. The molecular weight excluding hydrogens is 318 g/mol. The third-order valence-electron chi connectivity index (χ3n) is 3.68. The minimum Gasteiger partial charge on any atom is -0.493 e. The number of nitrogens with zero attached hydrogens (tertiary/aromatic N) is 1. The number of benzene rings is 2. The first-order valence-electron chi connectivity index (χ1n) is 8.01. The van der Waals surface area contributed by atoms with Gasteiger partial charge in [-0.2, -0.15) is 0 Å². The molecule has 5 heteroatoms. The molecule has 2 aromatic rings. The van der Waals surface area contributed by atoms with Gasteiger partial charge in [0, 0.05) is 5.56 Å². The molecule has 0 unspecified atom stereocenters. The zero-order valence-corrected chi connectivity index (χ0v) is 14.4. The smallest absolute Gasteiger partial charge is 0.363 e. The first-order chi connectivity index (χ1) is 12.1. The molecule has 0 aliphatic carbocycles. The van der Waals surface area contributed by atoms with E-state index in [-0.39, 0.29) is 5.70 Å². The first kappa shape index (κ1) is 16.8. The van der Waals surface area contributed by atoms with Crippen LogP contribution in [-0.2, 0) is 9.53 Å². The Morgan fingerprint density at radius 3 is 2.72 bits per heavy atom. The molecule has 5 nitrogen and oxygen atoms in total. The van der Waals surface area contributed by atoms with Gasteiger partial charge in [-0.25, -0.2) is 9.79 Å². The predicted molar refractivity (Wildman–Crippen MR) is 95.9 cm³/mol. The molecule has 1 aliphatic rings. The van der Waals surface area contributed by atoms with Crippen molar-refractivity contribution in [3.8, 4) is 11.5 Å². The van der Waals surface area contributed by atoms with Crippen molar-refractivity contribution in [3.05, 3.63) is 64.9 Å². The summed E-state index contributed by atoms with van der Waals surface area (Å²) >= 11 is 0. The standard InChI is InChI=1S/C20H19NO4/c1-4-24-18-12-14(8-9-17(18)23-3)11-16-20(22)25-19(21-16)15-7-5-6-13(2)10-15/h5-12H,4H2,1-3H3/b16-11+. The van der Waals surface area contributed by atoms with E-state index in [0.29, 0.717) is 24.0 Å². The molecule has 2 aromatic carbocycles. The maximum atomic E-state index is 12.1. The molecule has 0 bridgehead atoms. The monoisotopic (exact) mass is 337 g/mol. The summed E-state index contributed by atoms with van der Waals surface area (Å²) in [7, 11) is 1.59. The number of hydrogen-bond donors (Lipinski definition) is 0. The van der Waals surface area contributed by atoms with Gasteiger partial charge >= 0.3 is 5.97 Å². The summed E-state index contributed by atoms with van der Waals surface area (Å²) in [6.45, 7) is 4.40. The van der Waals surface area contributed by atoms with Crippen LogP contribution < -0.4 is 9.47 Å². The Balaban J connectivity index is 1.93. The van der Waals surface area contributed by atoms with Crippen molar-refractivity contribution in [3.63, 3.8) is 0 Å². The second-order valence-electron chi connectivity index (χ2n) is 5.55. The van der Waals surface area contributed by atoms with Gasteiger partial charge in [-0.3, -0.25) is 0 Å². The van der Waals surface area contributed by atoms with Gasteiger partial charge in [0.25, 0.3) is 0 Å². The van der Waals surface area contributed by atoms with Crippen molar-refractivity contribution in [1.82, 2.24) is 0 Å². The van der Waals surface area contributed by atoms with Gasteiger partial charge in [-0.15, -0.1) is 0 Å². The van der Waals surface area contributed by atoms with Crippen LogP contribution in [0.5, 0.6) is 11.5 Å². The summed E-state index contributed by atoms with van der Waals surface area (Å²) in [6.07, 6.45) is 1.67. The first-order valence-corrected chi connectivity index (χ1v) is 8.01. The lowest BCUT2D eigenvalue weighted by Gasteiger charge is -2.09. The lowest BCUT2D eigenvalue weighted by Crippen LogP contribution is -2.05. The Kier molecular flexibility index (Phi) is 4.84. The van der Waals surface area contributed by atoms with Gasteiger partial charge < -0.3 is 14.2 Å². The fraction of sp³-hybridized carbons (Fsp3) is 0.200. The molecule has 1 heterocycles. The summed E-state index contributed by atoms with van der Waals surface area (Å²) in [4.78, 5) is 16.4. The number of rotatable bonds is 5. The van der Waals surface area contributed by atoms with Crippen LogP contribution in [0.15, 0.2) is 53.2 Å². The summed E-state index contributed by atoms with van der Waals surface area (Å²) < 4.78 is 16.1. The maximum absolute atomic E-state index is 12.1. The van der Waals surface area contributed by atoms with Crippen LogP contribution in [0.3, 0.4) is 0 Å². The molecular formula is C20H19NO4. The van der Waals surface area contributed by atoms with E-state index >= 15 is 0 Å². The molecule has 25 heavy (non-hydrogen) atoms. The van der Waals surface area contributed by atoms with Crippen LogP contribution in [0, 0.1) is 6.92 Å². The maximum Gasteiger partial charge on any atom is 0.363 e. The van der Waals surface area contributed by atoms with Gasteiger partial charge in [0.05, 0.1) is 13.7 Å². The highest BCUT2D eigenvalue weighted by molar-refractivity contribution is 6.12. The van der Waals surface area contributed by atoms with Crippen LogP contribution in [0.2, 0.25) is 0 Å². The van der Waals surface area contributed by atoms with E-state index in [1.807, 2.05) is 50.2 Å². The van der Waals surface area contributed by atoms with E-state index < -0.39 is 5.97 Å². The van der Waals surface area contributed by atoms with Crippen LogP contribution in [0.25, 0.3) is 6.08 Å². The lowest BCUT2D eigenvalue weighted by atomic mass is 10.1. The molecule has 0 amide bonds. The zero-order valence-electron chi connectivity index (χ0n) is 14.4. The average molecular weight is 337 g/mol. The highest BCUT2D eigenvalue weighted by atomic mass is 16.6. The third-order valence-corrected chi connectivity index (χ3v) is 3.68. The fourth-order valence-electron chi connectivity index (χ4n) is 2.52. The van der Waals surface area contributed by atoms with Gasteiger partial charge in [0.2, 0.25) is 5.90 Å². The molecule has 1 aliphatic heterocycles. The normalized spacial score (nSPS) is 15.1. The summed E-state index contributed by atoms with van der Waals surface area (Å²) in [5.41, 5.74) is 2.89. The van der Waals surface area contributed by atoms with Crippen LogP contribution in [-0.4, -0.2) is 25.6 Å². The Bertz CT molecular complexity index is 868. The number of cyclic esters (lactones) is 1. The van der Waals surface area contributed by atoms with Gasteiger partial charge in [0.1, 0.15) is 0 Å². The number of hydrogen-bond acceptors (Lipinski definition) is 5. The summed E-state index contributed by atoms with van der Waals surface area (Å²) in [6, 6.07) is 13.1. The molecule has 0 N–H and O–H groups in total. The van der Waals surface area contributed by atoms with Crippen molar-refractivity contribution in [2.75, 3.05) is 13.7 Å². The van der Waals surface area contributed by atoms with Crippen molar-refractivity contribution < 1.29 is 19.0 Å². The summed E-state index contributed by atoms with van der Waals surface area (Å²) in [5, 5.41) is 0. The molecule has 0 aromatic heterocycles. The molecule has 128 valence electrons. The largest absolute Gasteiger partial charge is 0.493 e. The Hall–Kier alpha value is -3.08. The molecule has 0 saturated heterocycles. The van der Waals surface area contributed by atoms with E-state index in [0.717, 1.165) is 16.7 Å². The number of aryl methyl sites for hydroxylation is 1. The fourth-order valence-corrected chi connectivity index (χ4v) is 2.52. The van der Waals surface area contributed by atoms with Crippen molar-refractivity contribution in [2.45, 2.75) is 13.8 Å². The van der Waals surface area contributed by atoms with Crippen LogP contribution in [0.1, 0.15) is 23.6 Å². The van der Waals surface area contributed by atoms with E-state index in [4.69, 9.17) is 14.2 Å². The van der Waals surface area contributed by atoms with Gasteiger partial charge in [-0.1, -0.05) is 23.8 Å². The number of carbonyl (C=O) groups excluding carboxylic acids is 1. The molecule has 0 fully saturated rings. The minimum absolute atomic E-state index is 0.254. The molecule has 0 spiro atoms. The summed E-state index contributed by atoms with van der Waals surface area (Å²) in [5.74, 6) is 1.11. The Labute approximate surface area is 146 Å². The van der Waals surface area contributed by atoms with Crippen molar-refractivity contribution >= 4 is 17.9 Å². The van der Waals surface area contributed by atoms with Crippen LogP contribution in [0.4, 0.5) is 0 Å². The number of methoxy groups -OCH3 is 1. The molecule has 0 saturated carbocycles. The number of aliphatic imine (C=N–C) groups is 1. The Morgan fingerprint density at radius 2 is 2.00 bits per heavy atom. The number of carbonyl (C=O) groups is 1. The van der Waals surface area contributed by atoms with E-state index in [1.165, 1.54) is 0 Å². The zero-order chi connectivity index (χ0) is 17.8. The molecule has 0 radical (unpaired) electrons. The lowest BCUT2D eigenvalue weighted by molar-refractivity contribution is -0.129. The van der Waals surface area contributed by atoms with E-state index in [9.17, 15) is 4.79 Å². The Morgan fingerprint density at radius 1 is 1.16 bits per heavy atom. The quantitative estimate of drug-likeness (QED) is 0.616. The minimum atomic E-state index is -0.467. The molecule has 0 atom stereocenters. The highest BCUT2D eigenvalue weighted by Gasteiger charge is 2.24. The predicted octanol–water partition coefficient (Wildman–Crippen LogP) is 3.75. The van der Waals surface area contributed by atoms with E-state index in [2.05, 4.69) is 4.99 Å². The average Bonchev–Trinajstić information content (AvgIpc) is 2.96.